The molecule has 0 atom stereocenters. The Morgan fingerprint density at radius 1 is 1.41 bits per heavy atom. The molecule has 0 aliphatic rings. The van der Waals surface area contributed by atoms with Crippen molar-refractivity contribution in [2.45, 2.75) is 20.4 Å². The third-order valence-electron chi connectivity index (χ3n) is 2.50. The van der Waals surface area contributed by atoms with E-state index in [4.69, 9.17) is 4.52 Å². The summed E-state index contributed by atoms with van der Waals surface area (Å²) in [6, 6.07) is 8.00. The third-order valence-corrected chi connectivity index (χ3v) is 2.50. The average Bonchev–Trinajstić information content (AvgIpc) is 2.72. The van der Waals surface area contributed by atoms with Crippen molar-refractivity contribution in [3.63, 3.8) is 0 Å². The molecule has 1 N–H and O–H groups in total. The predicted octanol–water partition coefficient (Wildman–Crippen LogP) is 2.22. The van der Waals surface area contributed by atoms with Crippen LogP contribution in [0, 0.1) is 13.8 Å². The molecular weight excluding hydrogens is 216 g/mol. The van der Waals surface area contributed by atoms with Gasteiger partial charge in [-0.3, -0.25) is 4.79 Å². The minimum atomic E-state index is -0.210. The number of carbonyl (C=O) groups is 1. The largest absolute Gasteiger partial charge is 0.364 e. The fraction of sp³-hybridized carbons (Fsp3) is 0.231. The van der Waals surface area contributed by atoms with E-state index in [1.54, 1.807) is 6.92 Å². The van der Waals surface area contributed by atoms with Gasteiger partial charge in [0.2, 0.25) is 0 Å². The second-order valence-electron chi connectivity index (χ2n) is 4.02. The Bertz CT molecular complexity index is 532. The SMILES string of the molecule is Cc1cccc(CNC(=O)c2nocc2C)c1. The van der Waals surface area contributed by atoms with Crippen molar-refractivity contribution < 1.29 is 9.32 Å². The van der Waals surface area contributed by atoms with Crippen molar-refractivity contribution >= 4 is 5.91 Å². The Hall–Kier alpha value is -2.10. The van der Waals surface area contributed by atoms with Crippen LogP contribution in [-0.2, 0) is 6.54 Å². The number of nitrogens with zero attached hydrogens (tertiary/aromatic N) is 1. The maximum absolute atomic E-state index is 11.8. The summed E-state index contributed by atoms with van der Waals surface area (Å²) in [5.41, 5.74) is 3.33. The summed E-state index contributed by atoms with van der Waals surface area (Å²) in [6.45, 7) is 4.30. The molecule has 0 bridgehead atoms. The van der Waals surface area contributed by atoms with E-state index >= 15 is 0 Å². The first-order valence-electron chi connectivity index (χ1n) is 5.41. The number of rotatable bonds is 3. The van der Waals surface area contributed by atoms with Gasteiger partial charge in [0.05, 0.1) is 0 Å². The lowest BCUT2D eigenvalue weighted by molar-refractivity contribution is 0.0941. The van der Waals surface area contributed by atoms with Gasteiger partial charge in [0.1, 0.15) is 6.26 Å². The molecule has 2 rings (SSSR count). The van der Waals surface area contributed by atoms with Crippen LogP contribution in [0.25, 0.3) is 0 Å². The lowest BCUT2D eigenvalue weighted by atomic mass is 10.1. The Morgan fingerprint density at radius 2 is 2.24 bits per heavy atom. The second-order valence-corrected chi connectivity index (χ2v) is 4.02. The molecule has 1 heterocycles. The van der Waals surface area contributed by atoms with Crippen LogP contribution in [0.4, 0.5) is 0 Å². The third kappa shape index (κ3) is 2.72. The van der Waals surface area contributed by atoms with Crippen LogP contribution in [0.15, 0.2) is 35.1 Å². The van der Waals surface area contributed by atoms with Gasteiger partial charge in [-0.2, -0.15) is 0 Å². The van der Waals surface area contributed by atoms with E-state index in [9.17, 15) is 4.79 Å². The van der Waals surface area contributed by atoms with E-state index in [1.165, 1.54) is 11.8 Å². The lowest BCUT2D eigenvalue weighted by Crippen LogP contribution is -2.23. The quantitative estimate of drug-likeness (QED) is 0.879. The zero-order valence-electron chi connectivity index (χ0n) is 9.86. The monoisotopic (exact) mass is 230 g/mol. The summed E-state index contributed by atoms with van der Waals surface area (Å²) in [4.78, 5) is 11.8. The van der Waals surface area contributed by atoms with Gasteiger partial charge >= 0.3 is 0 Å². The summed E-state index contributed by atoms with van der Waals surface area (Å²) in [5.74, 6) is -0.210. The molecule has 2 aromatic rings. The zero-order valence-corrected chi connectivity index (χ0v) is 9.86. The van der Waals surface area contributed by atoms with E-state index in [0.29, 0.717) is 12.2 Å². The number of benzene rings is 1. The van der Waals surface area contributed by atoms with E-state index < -0.39 is 0 Å². The van der Waals surface area contributed by atoms with Gasteiger partial charge < -0.3 is 9.84 Å². The zero-order chi connectivity index (χ0) is 12.3. The highest BCUT2D eigenvalue weighted by molar-refractivity contribution is 5.93. The molecule has 0 aliphatic carbocycles. The van der Waals surface area contributed by atoms with Crippen molar-refractivity contribution in [3.05, 3.63) is 52.9 Å². The molecule has 17 heavy (non-hydrogen) atoms. The Kier molecular flexibility index (Phi) is 3.23. The van der Waals surface area contributed by atoms with E-state index in [0.717, 1.165) is 11.1 Å². The minimum Gasteiger partial charge on any atom is -0.364 e. The first-order chi connectivity index (χ1) is 8.16. The molecule has 1 aromatic heterocycles. The number of aryl methyl sites for hydroxylation is 2. The van der Waals surface area contributed by atoms with Crippen LogP contribution < -0.4 is 5.32 Å². The molecule has 1 aromatic carbocycles. The van der Waals surface area contributed by atoms with Crippen LogP contribution in [0.3, 0.4) is 0 Å². The van der Waals surface area contributed by atoms with Gasteiger partial charge in [-0.25, -0.2) is 0 Å². The summed E-state index contributed by atoms with van der Waals surface area (Å²) in [6.07, 6.45) is 1.46. The molecule has 0 aliphatic heterocycles. The van der Waals surface area contributed by atoms with Gasteiger partial charge in [0.15, 0.2) is 5.69 Å². The van der Waals surface area contributed by atoms with Crippen molar-refractivity contribution in [3.8, 4) is 0 Å². The fourth-order valence-corrected chi connectivity index (χ4v) is 1.59. The maximum Gasteiger partial charge on any atom is 0.274 e. The van der Waals surface area contributed by atoms with Crippen LogP contribution in [-0.4, -0.2) is 11.1 Å². The normalized spacial score (nSPS) is 10.2. The minimum absolute atomic E-state index is 0.210. The van der Waals surface area contributed by atoms with Gasteiger partial charge in [0, 0.05) is 12.1 Å². The summed E-state index contributed by atoms with van der Waals surface area (Å²) in [5, 5.41) is 6.47. The van der Waals surface area contributed by atoms with Gasteiger partial charge in [-0.05, 0) is 19.4 Å². The number of hydrogen-bond donors (Lipinski definition) is 1. The van der Waals surface area contributed by atoms with Gasteiger partial charge in [-0.15, -0.1) is 0 Å². The molecule has 4 heteroatoms. The van der Waals surface area contributed by atoms with Crippen molar-refractivity contribution in [2.75, 3.05) is 0 Å². The van der Waals surface area contributed by atoms with E-state index in [2.05, 4.69) is 10.5 Å². The number of carbonyl (C=O) groups excluding carboxylic acids is 1. The maximum atomic E-state index is 11.8. The molecule has 0 radical (unpaired) electrons. The number of amides is 1. The van der Waals surface area contributed by atoms with Crippen LogP contribution in [0.2, 0.25) is 0 Å². The number of aromatic nitrogens is 1. The standard InChI is InChI=1S/C13H14N2O2/c1-9-4-3-5-11(6-9)7-14-13(16)12-10(2)8-17-15-12/h3-6,8H,7H2,1-2H3,(H,14,16). The first-order valence-corrected chi connectivity index (χ1v) is 5.41. The Balaban J connectivity index is 1.99. The highest BCUT2D eigenvalue weighted by atomic mass is 16.5. The second kappa shape index (κ2) is 4.82. The number of hydrogen-bond acceptors (Lipinski definition) is 3. The van der Waals surface area contributed by atoms with Crippen molar-refractivity contribution in [1.29, 1.82) is 0 Å². The smallest absolute Gasteiger partial charge is 0.274 e. The Morgan fingerprint density at radius 3 is 2.88 bits per heavy atom. The first kappa shape index (κ1) is 11.4. The van der Waals surface area contributed by atoms with Crippen LogP contribution in [0.5, 0.6) is 0 Å². The molecule has 0 spiro atoms. The highest BCUT2D eigenvalue weighted by Crippen LogP contribution is 2.06. The van der Waals surface area contributed by atoms with Crippen molar-refractivity contribution in [2.24, 2.45) is 0 Å². The molecule has 0 fully saturated rings. The summed E-state index contributed by atoms with van der Waals surface area (Å²) in [7, 11) is 0. The number of nitrogens with one attached hydrogen (secondary N) is 1. The van der Waals surface area contributed by atoms with E-state index in [-0.39, 0.29) is 5.91 Å². The topological polar surface area (TPSA) is 55.1 Å². The predicted molar refractivity (Wildman–Crippen MR) is 63.6 cm³/mol. The van der Waals surface area contributed by atoms with Crippen LogP contribution in [0.1, 0.15) is 27.2 Å². The molecule has 1 amide bonds. The summed E-state index contributed by atoms with van der Waals surface area (Å²) < 4.78 is 4.73. The molecule has 0 saturated heterocycles. The molecule has 88 valence electrons. The molecule has 0 saturated carbocycles. The lowest BCUT2D eigenvalue weighted by Gasteiger charge is -2.04. The molecule has 0 unspecified atom stereocenters. The fourth-order valence-electron chi connectivity index (χ4n) is 1.59. The highest BCUT2D eigenvalue weighted by Gasteiger charge is 2.12. The van der Waals surface area contributed by atoms with E-state index in [1.807, 2.05) is 31.2 Å². The molecular formula is C13H14N2O2. The summed E-state index contributed by atoms with van der Waals surface area (Å²) >= 11 is 0. The Labute approximate surface area is 99.6 Å². The van der Waals surface area contributed by atoms with Crippen molar-refractivity contribution in [1.82, 2.24) is 10.5 Å². The van der Waals surface area contributed by atoms with Gasteiger partial charge in [0.25, 0.3) is 5.91 Å². The average molecular weight is 230 g/mol. The van der Waals surface area contributed by atoms with Gasteiger partial charge in [-0.1, -0.05) is 35.0 Å². The molecule has 4 nitrogen and oxygen atoms in total. The van der Waals surface area contributed by atoms with Crippen LogP contribution >= 0.6 is 0 Å².